The van der Waals surface area contributed by atoms with Gasteiger partial charge in [0, 0.05) is 37.8 Å². The highest BCUT2D eigenvalue weighted by molar-refractivity contribution is 7.89. The number of nitro groups is 1. The van der Waals surface area contributed by atoms with Gasteiger partial charge in [0.2, 0.25) is 15.8 Å². The molecule has 0 amide bonds. The van der Waals surface area contributed by atoms with E-state index in [-0.39, 0.29) is 12.6 Å². The van der Waals surface area contributed by atoms with Crippen LogP contribution in [0, 0.1) is 21.7 Å². The molecular formula is C11H13F2N3O4S. The van der Waals surface area contributed by atoms with Gasteiger partial charge >= 0.3 is 5.69 Å². The maximum absolute atomic E-state index is 13.8. The van der Waals surface area contributed by atoms with Gasteiger partial charge in [0.25, 0.3) is 0 Å². The highest BCUT2D eigenvalue weighted by Gasteiger charge is 2.35. The van der Waals surface area contributed by atoms with Crippen LogP contribution >= 0.6 is 0 Å². The van der Waals surface area contributed by atoms with Gasteiger partial charge in [0.1, 0.15) is 10.7 Å². The third-order valence-electron chi connectivity index (χ3n) is 3.23. The standard InChI is InChI=1S/C11H13F2N3O4S/c1-7-6-14-2-3-15(7)21(19,20)11-5-10(16(17)18)8(12)4-9(11)13/h4-5,7,14H,2-3,6H2,1H3/t7-/m0/s1. The molecule has 1 aromatic rings. The third kappa shape index (κ3) is 2.87. The van der Waals surface area contributed by atoms with Crippen LogP contribution < -0.4 is 5.32 Å². The summed E-state index contributed by atoms with van der Waals surface area (Å²) in [4.78, 5) is 8.70. The molecule has 0 bridgehead atoms. The summed E-state index contributed by atoms with van der Waals surface area (Å²) in [6.07, 6.45) is 0. The lowest BCUT2D eigenvalue weighted by molar-refractivity contribution is -0.387. The zero-order chi connectivity index (χ0) is 15.8. The molecule has 116 valence electrons. The molecule has 0 spiro atoms. The van der Waals surface area contributed by atoms with Gasteiger partial charge in [-0.3, -0.25) is 10.1 Å². The molecule has 0 unspecified atom stereocenters. The second-order valence-electron chi connectivity index (χ2n) is 4.66. The smallest absolute Gasteiger partial charge is 0.306 e. The Hall–Kier alpha value is -1.65. The van der Waals surface area contributed by atoms with Crippen LogP contribution in [0.2, 0.25) is 0 Å². The minimum Gasteiger partial charge on any atom is -0.314 e. The lowest BCUT2D eigenvalue weighted by Gasteiger charge is -2.32. The van der Waals surface area contributed by atoms with Gasteiger partial charge in [-0.1, -0.05) is 0 Å². The fourth-order valence-electron chi connectivity index (χ4n) is 2.16. The van der Waals surface area contributed by atoms with Crippen molar-refractivity contribution in [3.8, 4) is 0 Å². The third-order valence-corrected chi connectivity index (χ3v) is 5.25. The number of nitrogens with one attached hydrogen (secondary N) is 1. The largest absolute Gasteiger partial charge is 0.314 e. The summed E-state index contributed by atoms with van der Waals surface area (Å²) in [5.74, 6) is -2.76. The minimum atomic E-state index is -4.27. The fraction of sp³-hybridized carbons (Fsp3) is 0.455. The van der Waals surface area contributed by atoms with Crippen molar-refractivity contribution in [3.05, 3.63) is 33.9 Å². The van der Waals surface area contributed by atoms with Gasteiger partial charge in [-0.25, -0.2) is 12.8 Å². The van der Waals surface area contributed by atoms with E-state index in [4.69, 9.17) is 0 Å². The van der Waals surface area contributed by atoms with Gasteiger partial charge in [0.15, 0.2) is 0 Å². The first-order chi connectivity index (χ1) is 9.75. The first-order valence-electron chi connectivity index (χ1n) is 6.11. The van der Waals surface area contributed by atoms with E-state index in [0.29, 0.717) is 19.2 Å². The first kappa shape index (κ1) is 15.7. The number of nitro benzene ring substituents is 1. The van der Waals surface area contributed by atoms with E-state index < -0.39 is 43.2 Å². The summed E-state index contributed by atoms with van der Waals surface area (Å²) in [6, 6.07) is 0.208. The van der Waals surface area contributed by atoms with Crippen LogP contribution in [-0.4, -0.2) is 43.3 Å². The number of hydrogen-bond donors (Lipinski definition) is 1. The van der Waals surface area contributed by atoms with Gasteiger partial charge in [-0.15, -0.1) is 0 Å². The summed E-state index contributed by atoms with van der Waals surface area (Å²) in [5.41, 5.74) is -1.07. The molecule has 1 N–H and O–H groups in total. The Bertz CT molecular complexity index is 680. The molecule has 1 atom stereocenters. The topological polar surface area (TPSA) is 92.6 Å². The summed E-state index contributed by atoms with van der Waals surface area (Å²) in [5, 5.41) is 13.7. The van der Waals surface area contributed by atoms with E-state index in [9.17, 15) is 27.3 Å². The Kier molecular flexibility index (Phi) is 4.21. The van der Waals surface area contributed by atoms with Crippen molar-refractivity contribution in [3.63, 3.8) is 0 Å². The number of hydrogen-bond acceptors (Lipinski definition) is 5. The Morgan fingerprint density at radius 1 is 1.38 bits per heavy atom. The van der Waals surface area contributed by atoms with Gasteiger partial charge in [-0.2, -0.15) is 8.70 Å². The summed E-state index contributed by atoms with van der Waals surface area (Å²) in [6.45, 7) is 2.49. The first-order valence-corrected chi connectivity index (χ1v) is 7.55. The molecule has 10 heteroatoms. The van der Waals surface area contributed by atoms with E-state index in [2.05, 4.69) is 5.32 Å². The van der Waals surface area contributed by atoms with E-state index in [0.717, 1.165) is 4.31 Å². The summed E-state index contributed by atoms with van der Waals surface area (Å²) >= 11 is 0. The molecule has 0 aromatic heterocycles. The number of nitrogens with zero attached hydrogens (tertiary/aromatic N) is 2. The highest BCUT2D eigenvalue weighted by atomic mass is 32.2. The molecule has 1 heterocycles. The van der Waals surface area contributed by atoms with Crippen LogP contribution in [0.4, 0.5) is 14.5 Å². The van der Waals surface area contributed by atoms with E-state index in [1.807, 2.05) is 0 Å². The van der Waals surface area contributed by atoms with Crippen LogP contribution in [0.1, 0.15) is 6.92 Å². The average molecular weight is 321 g/mol. The number of piperazine rings is 1. The predicted molar refractivity (Wildman–Crippen MR) is 69.2 cm³/mol. The van der Waals surface area contributed by atoms with E-state index >= 15 is 0 Å². The monoisotopic (exact) mass is 321 g/mol. The van der Waals surface area contributed by atoms with Crippen molar-refractivity contribution in [2.75, 3.05) is 19.6 Å². The summed E-state index contributed by atoms with van der Waals surface area (Å²) in [7, 11) is -4.27. The molecule has 0 radical (unpaired) electrons. The Labute approximate surface area is 119 Å². The lowest BCUT2D eigenvalue weighted by Crippen LogP contribution is -2.52. The molecule has 0 saturated carbocycles. The zero-order valence-corrected chi connectivity index (χ0v) is 11.9. The van der Waals surface area contributed by atoms with Crippen molar-refractivity contribution in [1.29, 1.82) is 0 Å². The van der Waals surface area contributed by atoms with Crippen molar-refractivity contribution in [2.45, 2.75) is 17.9 Å². The molecule has 1 aliphatic heterocycles. The maximum atomic E-state index is 13.8. The quantitative estimate of drug-likeness (QED) is 0.658. The molecular weight excluding hydrogens is 308 g/mol. The molecule has 1 aromatic carbocycles. The second kappa shape index (κ2) is 5.62. The van der Waals surface area contributed by atoms with Crippen LogP contribution in [0.5, 0.6) is 0 Å². The zero-order valence-electron chi connectivity index (χ0n) is 11.0. The Morgan fingerprint density at radius 2 is 2.05 bits per heavy atom. The van der Waals surface area contributed by atoms with Crippen molar-refractivity contribution >= 4 is 15.7 Å². The van der Waals surface area contributed by atoms with Crippen LogP contribution in [0.25, 0.3) is 0 Å². The maximum Gasteiger partial charge on any atom is 0.306 e. The fourth-order valence-corrected chi connectivity index (χ4v) is 3.86. The van der Waals surface area contributed by atoms with Crippen molar-refractivity contribution in [2.24, 2.45) is 0 Å². The lowest BCUT2D eigenvalue weighted by atomic mass is 10.3. The molecule has 0 aliphatic carbocycles. The van der Waals surface area contributed by atoms with Crippen molar-refractivity contribution in [1.82, 2.24) is 9.62 Å². The SMILES string of the molecule is C[C@H]1CNCCN1S(=O)(=O)c1cc([N+](=O)[O-])c(F)cc1F. The van der Waals surface area contributed by atoms with Crippen molar-refractivity contribution < 1.29 is 22.1 Å². The van der Waals surface area contributed by atoms with Gasteiger partial charge in [-0.05, 0) is 6.92 Å². The molecule has 7 nitrogen and oxygen atoms in total. The van der Waals surface area contributed by atoms with E-state index in [1.54, 1.807) is 6.92 Å². The minimum absolute atomic E-state index is 0.105. The molecule has 1 aliphatic rings. The molecule has 1 fully saturated rings. The number of sulfonamides is 1. The Morgan fingerprint density at radius 3 is 2.62 bits per heavy atom. The van der Waals surface area contributed by atoms with Crippen LogP contribution in [-0.2, 0) is 10.0 Å². The van der Waals surface area contributed by atoms with Gasteiger partial charge < -0.3 is 5.32 Å². The average Bonchev–Trinajstić information content (AvgIpc) is 2.38. The molecule has 2 rings (SSSR count). The number of halogens is 2. The van der Waals surface area contributed by atoms with E-state index in [1.165, 1.54) is 0 Å². The predicted octanol–water partition coefficient (Wildman–Crippen LogP) is 0.855. The molecule has 21 heavy (non-hydrogen) atoms. The normalized spacial score (nSPS) is 20.4. The number of benzene rings is 1. The Balaban J connectivity index is 2.54. The van der Waals surface area contributed by atoms with Crippen LogP contribution in [0.15, 0.2) is 17.0 Å². The number of rotatable bonds is 3. The summed E-state index contributed by atoms with van der Waals surface area (Å²) < 4.78 is 53.0. The highest BCUT2D eigenvalue weighted by Crippen LogP contribution is 2.28. The second-order valence-corrected chi connectivity index (χ2v) is 6.52. The molecule has 1 saturated heterocycles. The van der Waals surface area contributed by atoms with Crippen LogP contribution in [0.3, 0.4) is 0 Å². The van der Waals surface area contributed by atoms with Gasteiger partial charge in [0.05, 0.1) is 4.92 Å².